The Morgan fingerprint density at radius 2 is 1.93 bits per heavy atom. The van der Waals surface area contributed by atoms with Crippen molar-refractivity contribution >= 4 is 6.09 Å². The van der Waals surface area contributed by atoms with Gasteiger partial charge in [-0.3, -0.25) is 0 Å². The Morgan fingerprint density at radius 1 is 1.36 bits per heavy atom. The molecule has 0 spiro atoms. The molecule has 0 aliphatic carbocycles. The Bertz CT molecular complexity index is 220. The second-order valence-electron chi connectivity index (χ2n) is 4.51. The third-order valence-corrected chi connectivity index (χ3v) is 3.54. The lowest BCUT2D eigenvalue weighted by molar-refractivity contribution is 0.101. The quantitative estimate of drug-likeness (QED) is 0.667. The summed E-state index contributed by atoms with van der Waals surface area (Å²) in [5.74, 6) is 0. The lowest BCUT2D eigenvalue weighted by Gasteiger charge is -2.42. The molecular formula is C10H18N2O2. The van der Waals surface area contributed by atoms with Crippen molar-refractivity contribution < 1.29 is 9.90 Å². The highest BCUT2D eigenvalue weighted by Crippen LogP contribution is 2.27. The van der Waals surface area contributed by atoms with Crippen LogP contribution in [0.2, 0.25) is 0 Å². The molecule has 2 aliphatic heterocycles. The number of carboxylic acid groups (broad SMARTS) is 1. The zero-order valence-electron chi connectivity index (χ0n) is 8.57. The molecule has 80 valence electrons. The summed E-state index contributed by atoms with van der Waals surface area (Å²) in [5, 5.41) is 12.5. The molecule has 1 amide bonds. The lowest BCUT2D eigenvalue weighted by atomic mass is 9.83. The van der Waals surface area contributed by atoms with Crippen LogP contribution in [-0.2, 0) is 0 Å². The van der Waals surface area contributed by atoms with E-state index in [1.54, 1.807) is 7.05 Å². The topological polar surface area (TPSA) is 52.6 Å². The monoisotopic (exact) mass is 198 g/mol. The number of piperidine rings is 2. The van der Waals surface area contributed by atoms with Crippen molar-refractivity contribution in [1.29, 1.82) is 0 Å². The van der Waals surface area contributed by atoms with Crippen LogP contribution in [0.25, 0.3) is 0 Å². The van der Waals surface area contributed by atoms with Crippen LogP contribution in [0.15, 0.2) is 0 Å². The maximum Gasteiger partial charge on any atom is 0.407 e. The van der Waals surface area contributed by atoms with E-state index < -0.39 is 6.09 Å². The molecule has 14 heavy (non-hydrogen) atoms. The van der Waals surface area contributed by atoms with Gasteiger partial charge in [-0.2, -0.15) is 0 Å². The maximum atomic E-state index is 10.8. The molecule has 1 unspecified atom stereocenters. The van der Waals surface area contributed by atoms with E-state index >= 15 is 0 Å². The van der Waals surface area contributed by atoms with E-state index in [1.807, 2.05) is 0 Å². The number of amides is 1. The van der Waals surface area contributed by atoms with Gasteiger partial charge in [-0.05, 0) is 25.7 Å². The second-order valence-corrected chi connectivity index (χ2v) is 4.51. The van der Waals surface area contributed by atoms with E-state index in [2.05, 4.69) is 5.32 Å². The van der Waals surface area contributed by atoms with Crippen molar-refractivity contribution in [3.05, 3.63) is 0 Å². The molecule has 0 aromatic carbocycles. The first-order chi connectivity index (χ1) is 6.66. The number of fused-ring (bicyclic) bond motifs is 2. The molecule has 2 saturated heterocycles. The van der Waals surface area contributed by atoms with Crippen molar-refractivity contribution in [3.63, 3.8) is 0 Å². The SMILES string of the molecule is CN(C(=O)O)C1C[C@H]2CCC[C@@H](C1)N2. The minimum absolute atomic E-state index is 0.226. The third kappa shape index (κ3) is 1.85. The van der Waals surface area contributed by atoms with Crippen molar-refractivity contribution in [2.75, 3.05) is 7.05 Å². The molecule has 0 aromatic heterocycles. The molecule has 2 heterocycles. The largest absolute Gasteiger partial charge is 0.465 e. The molecule has 3 atom stereocenters. The Hall–Kier alpha value is -0.770. The molecule has 2 fully saturated rings. The van der Waals surface area contributed by atoms with Gasteiger partial charge >= 0.3 is 6.09 Å². The second kappa shape index (κ2) is 3.77. The zero-order chi connectivity index (χ0) is 10.1. The Kier molecular flexibility index (Phi) is 2.63. The highest BCUT2D eigenvalue weighted by atomic mass is 16.4. The molecule has 4 heteroatoms. The number of hydrogen-bond donors (Lipinski definition) is 2. The number of hydrogen-bond acceptors (Lipinski definition) is 2. The van der Waals surface area contributed by atoms with Gasteiger partial charge in [-0.1, -0.05) is 6.42 Å². The summed E-state index contributed by atoms with van der Waals surface area (Å²) in [5.41, 5.74) is 0. The molecule has 2 aliphatic rings. The summed E-state index contributed by atoms with van der Waals surface area (Å²) < 4.78 is 0. The van der Waals surface area contributed by atoms with Crippen molar-refractivity contribution in [2.45, 2.75) is 50.2 Å². The molecule has 4 nitrogen and oxygen atoms in total. The van der Waals surface area contributed by atoms with E-state index in [4.69, 9.17) is 5.11 Å². The smallest absolute Gasteiger partial charge is 0.407 e. The van der Waals surface area contributed by atoms with E-state index in [0.717, 1.165) is 12.8 Å². The fraction of sp³-hybridized carbons (Fsp3) is 0.900. The van der Waals surface area contributed by atoms with E-state index in [1.165, 1.54) is 24.2 Å². The van der Waals surface area contributed by atoms with Crippen LogP contribution in [-0.4, -0.2) is 41.3 Å². The van der Waals surface area contributed by atoms with Gasteiger partial charge in [-0.25, -0.2) is 4.79 Å². The van der Waals surface area contributed by atoms with Gasteiger partial charge in [0.2, 0.25) is 0 Å². The lowest BCUT2D eigenvalue weighted by Crippen LogP contribution is -2.54. The Balaban J connectivity index is 1.98. The summed E-state index contributed by atoms with van der Waals surface area (Å²) in [6.07, 6.45) is 4.89. The molecular weight excluding hydrogens is 180 g/mol. The zero-order valence-corrected chi connectivity index (χ0v) is 8.57. The normalized spacial score (nSPS) is 36.5. The van der Waals surface area contributed by atoms with Gasteiger partial charge in [0.05, 0.1) is 0 Å². The maximum absolute atomic E-state index is 10.8. The van der Waals surface area contributed by atoms with Gasteiger partial charge in [0.1, 0.15) is 0 Å². The average molecular weight is 198 g/mol. The minimum atomic E-state index is -0.796. The summed E-state index contributed by atoms with van der Waals surface area (Å²) in [6, 6.07) is 1.33. The first kappa shape index (κ1) is 9.77. The van der Waals surface area contributed by atoms with Crippen LogP contribution in [0.4, 0.5) is 4.79 Å². The van der Waals surface area contributed by atoms with Crippen molar-refractivity contribution in [2.24, 2.45) is 0 Å². The number of nitrogens with zero attached hydrogens (tertiary/aromatic N) is 1. The van der Waals surface area contributed by atoms with Gasteiger partial charge in [0, 0.05) is 25.2 Å². The molecule has 0 saturated carbocycles. The fourth-order valence-corrected chi connectivity index (χ4v) is 2.71. The standard InChI is InChI=1S/C10H18N2O2/c1-12(10(13)14)9-5-7-3-2-4-8(6-9)11-7/h7-9,11H,2-6H2,1H3,(H,13,14)/t7-,8+,9?. The van der Waals surface area contributed by atoms with Crippen LogP contribution in [0, 0.1) is 0 Å². The van der Waals surface area contributed by atoms with Gasteiger partial charge in [-0.15, -0.1) is 0 Å². The Morgan fingerprint density at radius 3 is 2.43 bits per heavy atom. The van der Waals surface area contributed by atoms with Crippen LogP contribution >= 0.6 is 0 Å². The molecule has 2 bridgehead atoms. The van der Waals surface area contributed by atoms with Crippen LogP contribution in [0.3, 0.4) is 0 Å². The summed E-state index contributed by atoms with van der Waals surface area (Å²) in [6.45, 7) is 0. The van der Waals surface area contributed by atoms with Gasteiger partial charge in [0.15, 0.2) is 0 Å². The first-order valence-electron chi connectivity index (χ1n) is 5.38. The van der Waals surface area contributed by atoms with Gasteiger partial charge < -0.3 is 15.3 Å². The minimum Gasteiger partial charge on any atom is -0.465 e. The highest BCUT2D eigenvalue weighted by molar-refractivity contribution is 5.65. The van der Waals surface area contributed by atoms with Gasteiger partial charge in [0.25, 0.3) is 0 Å². The molecule has 0 aromatic rings. The molecule has 0 radical (unpaired) electrons. The summed E-state index contributed by atoms with van der Waals surface area (Å²) in [7, 11) is 1.69. The Labute approximate surface area is 84.3 Å². The van der Waals surface area contributed by atoms with Crippen molar-refractivity contribution in [1.82, 2.24) is 10.2 Å². The van der Waals surface area contributed by atoms with Crippen LogP contribution < -0.4 is 5.32 Å². The molecule has 2 rings (SSSR count). The van der Waals surface area contributed by atoms with E-state index in [0.29, 0.717) is 12.1 Å². The number of rotatable bonds is 1. The number of nitrogens with one attached hydrogen (secondary N) is 1. The summed E-state index contributed by atoms with van der Waals surface area (Å²) in [4.78, 5) is 12.3. The van der Waals surface area contributed by atoms with Crippen LogP contribution in [0.5, 0.6) is 0 Å². The molecule has 2 N–H and O–H groups in total. The predicted octanol–water partition coefficient (Wildman–Crippen LogP) is 1.27. The van der Waals surface area contributed by atoms with E-state index in [9.17, 15) is 4.79 Å². The van der Waals surface area contributed by atoms with E-state index in [-0.39, 0.29) is 6.04 Å². The van der Waals surface area contributed by atoms with Crippen LogP contribution in [0.1, 0.15) is 32.1 Å². The number of carbonyl (C=O) groups is 1. The predicted molar refractivity (Wildman–Crippen MR) is 53.4 cm³/mol. The fourth-order valence-electron chi connectivity index (χ4n) is 2.71. The summed E-state index contributed by atoms with van der Waals surface area (Å²) >= 11 is 0. The average Bonchev–Trinajstić information content (AvgIpc) is 2.15. The first-order valence-corrected chi connectivity index (χ1v) is 5.38. The third-order valence-electron chi connectivity index (χ3n) is 3.54. The highest BCUT2D eigenvalue weighted by Gasteiger charge is 2.34. The van der Waals surface area contributed by atoms with Crippen molar-refractivity contribution in [3.8, 4) is 0 Å².